The van der Waals surface area contributed by atoms with Crippen LogP contribution in [-0.2, 0) is 11.2 Å². The highest BCUT2D eigenvalue weighted by atomic mass is 16.5. The maximum atomic E-state index is 11.6. The summed E-state index contributed by atoms with van der Waals surface area (Å²) >= 11 is 0. The molecule has 0 aromatic heterocycles. The van der Waals surface area contributed by atoms with E-state index >= 15 is 0 Å². The quantitative estimate of drug-likeness (QED) is 0.796. The molecule has 0 unspecified atom stereocenters. The molecule has 0 bridgehead atoms. The van der Waals surface area contributed by atoms with Gasteiger partial charge in [-0.2, -0.15) is 0 Å². The molecule has 0 fully saturated rings. The van der Waals surface area contributed by atoms with Crippen molar-refractivity contribution in [2.75, 3.05) is 14.2 Å². The van der Waals surface area contributed by atoms with Crippen molar-refractivity contribution in [1.29, 1.82) is 0 Å². The van der Waals surface area contributed by atoms with Gasteiger partial charge in [-0.3, -0.25) is 4.79 Å². The number of likely N-dealkylation sites (N-methyl/N-ethyl adjacent to an activating group) is 1. The van der Waals surface area contributed by atoms with E-state index in [0.29, 0.717) is 6.42 Å². The molecule has 1 aromatic carbocycles. The highest BCUT2D eigenvalue weighted by Crippen LogP contribution is 2.13. The Balaban J connectivity index is 2.66. The van der Waals surface area contributed by atoms with Crippen LogP contribution in [0.15, 0.2) is 24.3 Å². The van der Waals surface area contributed by atoms with Crippen molar-refractivity contribution in [3.05, 3.63) is 29.8 Å². The Morgan fingerprint density at radius 3 is 2.44 bits per heavy atom. The SMILES string of the molecule is CCC(=O)[C@H](Cc1ccc(OC)cc1)NC. The topological polar surface area (TPSA) is 38.3 Å². The van der Waals surface area contributed by atoms with Gasteiger partial charge in [0, 0.05) is 6.42 Å². The van der Waals surface area contributed by atoms with Crippen LogP contribution < -0.4 is 10.1 Å². The molecular weight excluding hydrogens is 202 g/mol. The summed E-state index contributed by atoms with van der Waals surface area (Å²) in [6.45, 7) is 1.89. The minimum atomic E-state index is -0.0848. The lowest BCUT2D eigenvalue weighted by Gasteiger charge is -2.14. The van der Waals surface area contributed by atoms with E-state index in [1.165, 1.54) is 0 Å². The Hall–Kier alpha value is -1.35. The third kappa shape index (κ3) is 3.35. The molecule has 88 valence electrons. The first-order valence-electron chi connectivity index (χ1n) is 5.54. The zero-order chi connectivity index (χ0) is 12.0. The van der Waals surface area contributed by atoms with Crippen LogP contribution >= 0.6 is 0 Å². The summed E-state index contributed by atoms with van der Waals surface area (Å²) in [5.74, 6) is 1.09. The third-order valence-electron chi connectivity index (χ3n) is 2.68. The summed E-state index contributed by atoms with van der Waals surface area (Å²) in [5.41, 5.74) is 1.14. The van der Waals surface area contributed by atoms with E-state index in [1.807, 2.05) is 38.2 Å². The highest BCUT2D eigenvalue weighted by molar-refractivity contribution is 5.83. The molecule has 0 aliphatic heterocycles. The first kappa shape index (κ1) is 12.7. The number of carbonyl (C=O) groups excluding carboxylic acids is 1. The van der Waals surface area contributed by atoms with Crippen LogP contribution in [0.4, 0.5) is 0 Å². The molecule has 0 heterocycles. The number of ether oxygens (including phenoxy) is 1. The molecule has 0 aliphatic rings. The molecule has 3 heteroatoms. The largest absolute Gasteiger partial charge is 0.497 e. The molecule has 0 amide bonds. The zero-order valence-corrected chi connectivity index (χ0v) is 10.1. The van der Waals surface area contributed by atoms with Gasteiger partial charge in [0.2, 0.25) is 0 Å². The van der Waals surface area contributed by atoms with E-state index in [-0.39, 0.29) is 11.8 Å². The van der Waals surface area contributed by atoms with Crippen LogP contribution in [0, 0.1) is 0 Å². The summed E-state index contributed by atoms with van der Waals surface area (Å²) in [7, 11) is 3.47. The minimum absolute atomic E-state index is 0.0848. The number of Topliss-reactive ketones (excluding diaryl/α,β-unsaturated/α-hetero) is 1. The summed E-state index contributed by atoms with van der Waals surface area (Å²) in [6, 6.07) is 7.73. The maximum absolute atomic E-state index is 11.6. The van der Waals surface area contributed by atoms with Crippen LogP contribution in [0.2, 0.25) is 0 Å². The van der Waals surface area contributed by atoms with Gasteiger partial charge < -0.3 is 10.1 Å². The normalized spacial score (nSPS) is 12.2. The second-order valence-electron chi connectivity index (χ2n) is 3.71. The van der Waals surface area contributed by atoms with Gasteiger partial charge in [-0.15, -0.1) is 0 Å². The molecule has 1 aromatic rings. The maximum Gasteiger partial charge on any atom is 0.149 e. The molecule has 0 aliphatic carbocycles. The minimum Gasteiger partial charge on any atom is -0.497 e. The van der Waals surface area contributed by atoms with E-state index in [4.69, 9.17) is 4.74 Å². The van der Waals surface area contributed by atoms with Gasteiger partial charge in [-0.25, -0.2) is 0 Å². The van der Waals surface area contributed by atoms with Gasteiger partial charge >= 0.3 is 0 Å². The van der Waals surface area contributed by atoms with Gasteiger partial charge in [0.15, 0.2) is 0 Å². The monoisotopic (exact) mass is 221 g/mol. The number of hydrogen-bond donors (Lipinski definition) is 1. The highest BCUT2D eigenvalue weighted by Gasteiger charge is 2.14. The number of nitrogens with one attached hydrogen (secondary N) is 1. The standard InChI is InChI=1S/C13H19NO2/c1-4-13(15)12(14-2)9-10-5-7-11(16-3)8-6-10/h5-8,12,14H,4,9H2,1-3H3/t12-/m0/s1. The second-order valence-corrected chi connectivity index (χ2v) is 3.71. The van der Waals surface area contributed by atoms with Crippen LogP contribution in [0.25, 0.3) is 0 Å². The molecule has 0 radical (unpaired) electrons. The van der Waals surface area contributed by atoms with Gasteiger partial charge in [-0.1, -0.05) is 19.1 Å². The fourth-order valence-corrected chi connectivity index (χ4v) is 1.62. The molecule has 1 N–H and O–H groups in total. The average molecular weight is 221 g/mol. The molecule has 1 rings (SSSR count). The lowest BCUT2D eigenvalue weighted by molar-refractivity contribution is -0.120. The molecule has 3 nitrogen and oxygen atoms in total. The Bertz CT molecular complexity index is 332. The van der Waals surface area contributed by atoms with E-state index < -0.39 is 0 Å². The zero-order valence-electron chi connectivity index (χ0n) is 10.1. The fourth-order valence-electron chi connectivity index (χ4n) is 1.62. The van der Waals surface area contributed by atoms with Crippen molar-refractivity contribution >= 4 is 5.78 Å². The molecule has 1 atom stereocenters. The van der Waals surface area contributed by atoms with E-state index in [9.17, 15) is 4.79 Å². The van der Waals surface area contributed by atoms with Gasteiger partial charge in [0.1, 0.15) is 11.5 Å². The number of rotatable bonds is 6. The van der Waals surface area contributed by atoms with Crippen molar-refractivity contribution < 1.29 is 9.53 Å². The summed E-state index contributed by atoms with van der Waals surface area (Å²) in [6.07, 6.45) is 1.30. The first-order chi connectivity index (χ1) is 7.71. The van der Waals surface area contributed by atoms with Crippen LogP contribution in [0.5, 0.6) is 5.75 Å². The summed E-state index contributed by atoms with van der Waals surface area (Å²) in [5, 5.41) is 3.05. The smallest absolute Gasteiger partial charge is 0.149 e. The number of ketones is 1. The lowest BCUT2D eigenvalue weighted by Crippen LogP contribution is -2.35. The van der Waals surface area contributed by atoms with Gasteiger partial charge in [0.25, 0.3) is 0 Å². The Morgan fingerprint density at radius 2 is 2.00 bits per heavy atom. The number of carbonyl (C=O) groups is 1. The van der Waals surface area contributed by atoms with Gasteiger partial charge in [-0.05, 0) is 31.2 Å². The number of benzene rings is 1. The van der Waals surface area contributed by atoms with Crippen LogP contribution in [-0.4, -0.2) is 26.0 Å². The predicted octanol–water partition coefficient (Wildman–Crippen LogP) is 1.80. The molecule has 0 saturated heterocycles. The van der Waals surface area contributed by atoms with E-state index in [0.717, 1.165) is 17.7 Å². The predicted molar refractivity (Wildman–Crippen MR) is 64.8 cm³/mol. The van der Waals surface area contributed by atoms with Crippen molar-refractivity contribution in [1.82, 2.24) is 5.32 Å². The number of methoxy groups -OCH3 is 1. The van der Waals surface area contributed by atoms with E-state index in [1.54, 1.807) is 7.11 Å². The second kappa shape index (κ2) is 6.28. The summed E-state index contributed by atoms with van der Waals surface area (Å²) < 4.78 is 5.09. The number of hydrogen-bond acceptors (Lipinski definition) is 3. The Morgan fingerprint density at radius 1 is 1.38 bits per heavy atom. The first-order valence-corrected chi connectivity index (χ1v) is 5.54. The fraction of sp³-hybridized carbons (Fsp3) is 0.462. The van der Waals surface area contributed by atoms with Crippen molar-refractivity contribution in [3.8, 4) is 5.75 Å². The molecular formula is C13H19NO2. The molecule has 16 heavy (non-hydrogen) atoms. The van der Waals surface area contributed by atoms with Crippen LogP contribution in [0.1, 0.15) is 18.9 Å². The van der Waals surface area contributed by atoms with Crippen molar-refractivity contribution in [2.24, 2.45) is 0 Å². The average Bonchev–Trinajstić information content (AvgIpc) is 2.35. The molecule has 0 spiro atoms. The van der Waals surface area contributed by atoms with Crippen molar-refractivity contribution in [2.45, 2.75) is 25.8 Å². The Labute approximate surface area is 96.8 Å². The summed E-state index contributed by atoms with van der Waals surface area (Å²) in [4.78, 5) is 11.6. The van der Waals surface area contributed by atoms with Crippen molar-refractivity contribution in [3.63, 3.8) is 0 Å². The lowest BCUT2D eigenvalue weighted by atomic mass is 10.0. The van der Waals surface area contributed by atoms with Gasteiger partial charge in [0.05, 0.1) is 13.2 Å². The molecule has 0 saturated carbocycles. The van der Waals surface area contributed by atoms with E-state index in [2.05, 4.69) is 5.32 Å². The third-order valence-corrected chi connectivity index (χ3v) is 2.68. The van der Waals surface area contributed by atoms with Crippen LogP contribution in [0.3, 0.4) is 0 Å². The Kier molecular flexibility index (Phi) is 4.99.